The van der Waals surface area contributed by atoms with Gasteiger partial charge < -0.3 is 11.1 Å². The normalized spacial score (nSPS) is 12.0. The number of carbonyl (C=O) groups is 1. The summed E-state index contributed by atoms with van der Waals surface area (Å²) in [5.41, 5.74) is 7.08. The van der Waals surface area contributed by atoms with Gasteiger partial charge in [0.25, 0.3) is 0 Å². The molecule has 0 aliphatic heterocycles. The van der Waals surface area contributed by atoms with E-state index in [1.807, 2.05) is 30.3 Å². The van der Waals surface area contributed by atoms with Gasteiger partial charge in [-0.1, -0.05) is 30.3 Å². The first-order valence-corrected chi connectivity index (χ1v) is 6.61. The molecule has 110 valence electrons. The molecule has 0 radical (unpaired) electrons. The number of carbonyl (C=O) groups excluding carboxylic acids is 1. The Balaban J connectivity index is 1.89. The molecule has 1 atom stereocenters. The van der Waals surface area contributed by atoms with Crippen LogP contribution in [-0.4, -0.2) is 11.9 Å². The van der Waals surface area contributed by atoms with Gasteiger partial charge in [0.05, 0.1) is 6.04 Å². The number of aryl methyl sites for hydroxylation is 1. The molecule has 3 N–H and O–H groups in total. The number of nitrogens with one attached hydrogen (secondary N) is 1. The van der Waals surface area contributed by atoms with Crippen molar-refractivity contribution in [1.82, 2.24) is 0 Å². The Morgan fingerprint density at radius 1 is 1.10 bits per heavy atom. The molecule has 2 rings (SSSR count). The third kappa shape index (κ3) is 4.36. The first-order chi connectivity index (χ1) is 10.1. The summed E-state index contributed by atoms with van der Waals surface area (Å²) < 4.78 is 25.8. The second kappa shape index (κ2) is 6.95. The molecule has 2 aromatic rings. The first-order valence-electron chi connectivity index (χ1n) is 6.61. The molecular formula is C16H16F2N2O. The minimum atomic E-state index is -1.01. The van der Waals surface area contributed by atoms with Crippen LogP contribution in [0.5, 0.6) is 0 Å². The molecule has 0 aliphatic carbocycles. The predicted octanol–water partition coefficient (Wildman–Crippen LogP) is 2.86. The van der Waals surface area contributed by atoms with E-state index in [1.165, 1.54) is 6.07 Å². The number of hydrogen-bond donors (Lipinski definition) is 2. The average Bonchev–Trinajstić information content (AvgIpc) is 2.49. The van der Waals surface area contributed by atoms with Crippen molar-refractivity contribution in [1.29, 1.82) is 0 Å². The van der Waals surface area contributed by atoms with Gasteiger partial charge in [0.1, 0.15) is 0 Å². The van der Waals surface area contributed by atoms with E-state index in [2.05, 4.69) is 5.32 Å². The lowest BCUT2D eigenvalue weighted by atomic mass is 10.1. The van der Waals surface area contributed by atoms with Crippen LogP contribution in [0.3, 0.4) is 0 Å². The molecule has 0 aliphatic rings. The van der Waals surface area contributed by atoms with Crippen LogP contribution in [0.15, 0.2) is 48.5 Å². The summed E-state index contributed by atoms with van der Waals surface area (Å²) in [4.78, 5) is 11.9. The molecule has 0 saturated heterocycles. The summed E-state index contributed by atoms with van der Waals surface area (Å²) in [5, 5.41) is 2.48. The van der Waals surface area contributed by atoms with Gasteiger partial charge in [-0.3, -0.25) is 4.79 Å². The van der Waals surface area contributed by atoms with Crippen molar-refractivity contribution < 1.29 is 13.6 Å². The van der Waals surface area contributed by atoms with E-state index in [4.69, 9.17) is 5.73 Å². The maximum Gasteiger partial charge on any atom is 0.241 e. The molecule has 0 aromatic heterocycles. The highest BCUT2D eigenvalue weighted by molar-refractivity contribution is 5.94. The van der Waals surface area contributed by atoms with Crippen molar-refractivity contribution in [2.75, 3.05) is 5.32 Å². The van der Waals surface area contributed by atoms with Crippen LogP contribution in [0, 0.1) is 11.6 Å². The average molecular weight is 290 g/mol. The first kappa shape index (κ1) is 15.1. The van der Waals surface area contributed by atoms with Gasteiger partial charge in [0.15, 0.2) is 11.6 Å². The molecule has 5 heteroatoms. The Morgan fingerprint density at radius 2 is 1.81 bits per heavy atom. The van der Waals surface area contributed by atoms with E-state index in [9.17, 15) is 13.6 Å². The Bertz CT molecular complexity index is 617. The van der Waals surface area contributed by atoms with Gasteiger partial charge >= 0.3 is 0 Å². The third-order valence-corrected chi connectivity index (χ3v) is 3.11. The number of hydrogen-bond acceptors (Lipinski definition) is 2. The second-order valence-corrected chi connectivity index (χ2v) is 4.75. The Kier molecular flexibility index (Phi) is 5.00. The summed E-state index contributed by atoms with van der Waals surface area (Å²) in [6.07, 6.45) is 1.15. The summed E-state index contributed by atoms with van der Waals surface area (Å²) in [6.45, 7) is 0. The van der Waals surface area contributed by atoms with E-state index < -0.39 is 23.6 Å². The number of amides is 1. The highest BCUT2D eigenvalue weighted by Gasteiger charge is 2.14. The van der Waals surface area contributed by atoms with Crippen molar-refractivity contribution in [3.05, 3.63) is 65.7 Å². The van der Waals surface area contributed by atoms with Gasteiger partial charge in [-0.05, 0) is 30.5 Å². The third-order valence-electron chi connectivity index (χ3n) is 3.11. The predicted molar refractivity (Wildman–Crippen MR) is 77.7 cm³/mol. The van der Waals surface area contributed by atoms with Crippen LogP contribution in [-0.2, 0) is 11.2 Å². The van der Waals surface area contributed by atoms with Crippen LogP contribution in [0.1, 0.15) is 12.0 Å². The molecular weight excluding hydrogens is 274 g/mol. The van der Waals surface area contributed by atoms with Crippen LogP contribution >= 0.6 is 0 Å². The summed E-state index contributed by atoms with van der Waals surface area (Å²) in [5.74, 6) is -2.39. The lowest BCUT2D eigenvalue weighted by Crippen LogP contribution is -2.36. The second-order valence-electron chi connectivity index (χ2n) is 4.75. The largest absolute Gasteiger partial charge is 0.325 e. The molecule has 0 heterocycles. The summed E-state index contributed by atoms with van der Waals surface area (Å²) >= 11 is 0. The number of benzene rings is 2. The zero-order valence-corrected chi connectivity index (χ0v) is 11.4. The molecule has 0 unspecified atom stereocenters. The van der Waals surface area contributed by atoms with Crippen molar-refractivity contribution in [3.8, 4) is 0 Å². The minimum absolute atomic E-state index is 0.189. The molecule has 0 bridgehead atoms. The van der Waals surface area contributed by atoms with Gasteiger partial charge in [0.2, 0.25) is 5.91 Å². The highest BCUT2D eigenvalue weighted by Crippen LogP contribution is 2.13. The van der Waals surface area contributed by atoms with Gasteiger partial charge in [-0.15, -0.1) is 0 Å². The Hall–Kier alpha value is -2.27. The fourth-order valence-corrected chi connectivity index (χ4v) is 1.91. The maximum atomic E-state index is 13.0. The maximum absolute atomic E-state index is 13.0. The Morgan fingerprint density at radius 3 is 2.48 bits per heavy atom. The lowest BCUT2D eigenvalue weighted by molar-refractivity contribution is -0.117. The number of anilines is 1. The lowest BCUT2D eigenvalue weighted by Gasteiger charge is -2.12. The van der Waals surface area contributed by atoms with E-state index >= 15 is 0 Å². The summed E-state index contributed by atoms with van der Waals surface area (Å²) in [7, 11) is 0. The quantitative estimate of drug-likeness (QED) is 0.889. The zero-order chi connectivity index (χ0) is 15.2. The molecule has 3 nitrogen and oxygen atoms in total. The highest BCUT2D eigenvalue weighted by atomic mass is 19.2. The topological polar surface area (TPSA) is 55.1 Å². The number of nitrogens with two attached hydrogens (primary N) is 1. The van der Waals surface area contributed by atoms with Crippen molar-refractivity contribution in [2.45, 2.75) is 18.9 Å². The van der Waals surface area contributed by atoms with Crippen molar-refractivity contribution in [3.63, 3.8) is 0 Å². The minimum Gasteiger partial charge on any atom is -0.325 e. The van der Waals surface area contributed by atoms with Gasteiger partial charge in [0, 0.05) is 11.8 Å². The Labute approximate surface area is 121 Å². The number of halogens is 2. The van der Waals surface area contributed by atoms with Gasteiger partial charge in [-0.2, -0.15) is 0 Å². The fourth-order valence-electron chi connectivity index (χ4n) is 1.91. The molecule has 0 saturated carbocycles. The molecule has 21 heavy (non-hydrogen) atoms. The monoisotopic (exact) mass is 290 g/mol. The van der Waals surface area contributed by atoms with E-state index in [0.29, 0.717) is 12.8 Å². The molecule has 2 aromatic carbocycles. The molecule has 0 spiro atoms. The van der Waals surface area contributed by atoms with Crippen LogP contribution in [0.2, 0.25) is 0 Å². The smallest absolute Gasteiger partial charge is 0.241 e. The zero-order valence-electron chi connectivity index (χ0n) is 11.4. The van der Waals surface area contributed by atoms with Crippen molar-refractivity contribution in [2.24, 2.45) is 5.73 Å². The van der Waals surface area contributed by atoms with E-state index in [1.54, 1.807) is 0 Å². The van der Waals surface area contributed by atoms with Gasteiger partial charge in [-0.25, -0.2) is 8.78 Å². The van der Waals surface area contributed by atoms with Crippen LogP contribution in [0.25, 0.3) is 0 Å². The standard InChI is InChI=1S/C16H16F2N2O/c17-13-8-7-12(10-14(13)18)20-16(21)15(19)9-6-11-4-2-1-3-5-11/h1-5,7-8,10,15H,6,9,19H2,(H,20,21)/t15-/m0/s1. The molecule has 0 fully saturated rings. The molecule has 1 amide bonds. The van der Waals surface area contributed by atoms with E-state index in [-0.39, 0.29) is 5.69 Å². The fraction of sp³-hybridized carbons (Fsp3) is 0.188. The summed E-state index contributed by atoms with van der Waals surface area (Å²) in [6, 6.07) is 12.1. The van der Waals surface area contributed by atoms with Crippen LogP contribution in [0.4, 0.5) is 14.5 Å². The number of rotatable bonds is 5. The van der Waals surface area contributed by atoms with E-state index in [0.717, 1.165) is 17.7 Å². The van der Waals surface area contributed by atoms with Crippen molar-refractivity contribution >= 4 is 11.6 Å². The van der Waals surface area contributed by atoms with Crippen LogP contribution < -0.4 is 11.1 Å². The SMILES string of the molecule is N[C@@H](CCc1ccccc1)C(=O)Nc1ccc(F)c(F)c1.